The molecule has 170 valence electrons. The average Bonchev–Trinajstić information content (AvgIpc) is 3.33. The number of benzene rings is 1. The van der Waals surface area contributed by atoms with E-state index in [4.69, 9.17) is 9.47 Å². The van der Waals surface area contributed by atoms with Crippen molar-refractivity contribution in [3.8, 4) is 5.69 Å². The van der Waals surface area contributed by atoms with Crippen LogP contribution in [-0.4, -0.2) is 34.4 Å². The summed E-state index contributed by atoms with van der Waals surface area (Å²) in [6, 6.07) is 11.6. The summed E-state index contributed by atoms with van der Waals surface area (Å²) in [6.07, 6.45) is 3.00. The predicted octanol–water partition coefficient (Wildman–Crippen LogP) is 5.56. The Morgan fingerprint density at radius 2 is 1.97 bits per heavy atom. The van der Waals surface area contributed by atoms with Crippen LogP contribution in [-0.2, 0) is 14.3 Å². The van der Waals surface area contributed by atoms with E-state index in [1.165, 1.54) is 11.3 Å². The number of carbonyl (C=O) groups excluding carboxylic acids is 2. The second kappa shape index (κ2) is 9.45. The smallest absolute Gasteiger partial charge is 0.348 e. The maximum atomic E-state index is 12.6. The molecule has 0 unspecified atom stereocenters. The molecule has 0 spiro atoms. The van der Waals surface area contributed by atoms with Gasteiger partial charge in [-0.1, -0.05) is 45.4 Å². The standard InChI is InChI=1S/C25H30N2O4S/c1-15(2)19-11-10-16(3)12-21(19)31-23(28)14-30-25(29)22-13-20-17(4)26-27(24(20)32-22)18-8-6-5-7-9-18/h5-9,13,15-16,19,21H,10-12,14H2,1-4H3/t16-,19+,21-/m1/s1. The van der Waals surface area contributed by atoms with Gasteiger partial charge < -0.3 is 9.47 Å². The number of aryl methyl sites for hydroxylation is 1. The topological polar surface area (TPSA) is 70.4 Å². The zero-order valence-corrected chi connectivity index (χ0v) is 19.9. The molecule has 3 atom stereocenters. The van der Waals surface area contributed by atoms with Crippen molar-refractivity contribution in [3.63, 3.8) is 0 Å². The monoisotopic (exact) mass is 454 g/mol. The predicted molar refractivity (Wildman–Crippen MR) is 125 cm³/mol. The van der Waals surface area contributed by atoms with Gasteiger partial charge in [0.1, 0.15) is 15.8 Å². The Labute approximate surface area is 192 Å². The van der Waals surface area contributed by atoms with Crippen molar-refractivity contribution in [2.45, 2.75) is 53.1 Å². The van der Waals surface area contributed by atoms with Crippen LogP contribution >= 0.6 is 11.3 Å². The highest BCUT2D eigenvalue weighted by Crippen LogP contribution is 2.35. The number of hydrogen-bond acceptors (Lipinski definition) is 6. The summed E-state index contributed by atoms with van der Waals surface area (Å²) >= 11 is 1.31. The van der Waals surface area contributed by atoms with Crippen LogP contribution in [0.1, 0.15) is 55.4 Å². The number of hydrogen-bond donors (Lipinski definition) is 0. The third kappa shape index (κ3) is 4.72. The van der Waals surface area contributed by atoms with Gasteiger partial charge in [-0.3, -0.25) is 0 Å². The van der Waals surface area contributed by atoms with Crippen molar-refractivity contribution >= 4 is 33.5 Å². The maximum absolute atomic E-state index is 12.6. The normalized spacial score (nSPS) is 21.1. The Hall–Kier alpha value is -2.67. The van der Waals surface area contributed by atoms with Gasteiger partial charge in [-0.2, -0.15) is 5.10 Å². The van der Waals surface area contributed by atoms with Crippen LogP contribution in [0.3, 0.4) is 0 Å². The van der Waals surface area contributed by atoms with Crippen LogP contribution < -0.4 is 0 Å². The van der Waals surface area contributed by atoms with Crippen LogP contribution in [0.4, 0.5) is 0 Å². The molecule has 32 heavy (non-hydrogen) atoms. The quantitative estimate of drug-likeness (QED) is 0.456. The number of nitrogens with zero attached hydrogens (tertiary/aromatic N) is 2. The summed E-state index contributed by atoms with van der Waals surface area (Å²) in [5.74, 6) is 0.359. The van der Waals surface area contributed by atoms with Gasteiger partial charge in [-0.05, 0) is 55.7 Å². The van der Waals surface area contributed by atoms with Crippen molar-refractivity contribution in [2.75, 3.05) is 6.61 Å². The van der Waals surface area contributed by atoms with E-state index in [0.29, 0.717) is 22.6 Å². The molecule has 0 radical (unpaired) electrons. The molecule has 0 N–H and O–H groups in total. The van der Waals surface area contributed by atoms with Crippen molar-refractivity contribution < 1.29 is 19.1 Å². The minimum atomic E-state index is -0.514. The molecule has 1 saturated carbocycles. The zero-order chi connectivity index (χ0) is 22.8. The van der Waals surface area contributed by atoms with Gasteiger partial charge in [0.25, 0.3) is 0 Å². The van der Waals surface area contributed by atoms with Gasteiger partial charge >= 0.3 is 11.9 Å². The number of esters is 2. The van der Waals surface area contributed by atoms with E-state index >= 15 is 0 Å². The molecule has 2 aromatic heterocycles. The lowest BCUT2D eigenvalue weighted by molar-refractivity contribution is -0.159. The summed E-state index contributed by atoms with van der Waals surface area (Å²) in [5, 5.41) is 5.49. The number of para-hydroxylation sites is 1. The van der Waals surface area contributed by atoms with Gasteiger partial charge in [0.15, 0.2) is 6.61 Å². The Balaban J connectivity index is 1.41. The van der Waals surface area contributed by atoms with E-state index < -0.39 is 11.9 Å². The number of thiophene rings is 1. The number of fused-ring (bicyclic) bond motifs is 1. The number of carbonyl (C=O) groups is 2. The molecule has 1 aliphatic carbocycles. The molecule has 0 saturated heterocycles. The molecule has 0 amide bonds. The highest BCUT2D eigenvalue weighted by atomic mass is 32.1. The molecule has 1 aliphatic rings. The fraction of sp³-hybridized carbons (Fsp3) is 0.480. The van der Waals surface area contributed by atoms with Crippen molar-refractivity contribution in [2.24, 2.45) is 17.8 Å². The molecular weight excluding hydrogens is 424 g/mol. The molecule has 2 heterocycles. The van der Waals surface area contributed by atoms with E-state index in [-0.39, 0.29) is 12.7 Å². The maximum Gasteiger partial charge on any atom is 0.348 e. The Bertz CT molecular complexity index is 1100. The van der Waals surface area contributed by atoms with Crippen LogP contribution in [0.5, 0.6) is 0 Å². The summed E-state index contributed by atoms with van der Waals surface area (Å²) in [5.41, 5.74) is 1.77. The van der Waals surface area contributed by atoms with Gasteiger partial charge in [0, 0.05) is 5.39 Å². The van der Waals surface area contributed by atoms with E-state index in [0.717, 1.165) is 40.9 Å². The molecule has 7 heteroatoms. The lowest BCUT2D eigenvalue weighted by Gasteiger charge is -2.36. The first-order valence-electron chi connectivity index (χ1n) is 11.2. The molecule has 3 aromatic rings. The zero-order valence-electron chi connectivity index (χ0n) is 19.0. The van der Waals surface area contributed by atoms with Gasteiger partial charge in [0.05, 0.1) is 11.4 Å². The molecule has 0 aliphatic heterocycles. The second-order valence-corrected chi connectivity index (χ2v) is 10.1. The van der Waals surface area contributed by atoms with E-state index in [1.54, 1.807) is 6.07 Å². The highest BCUT2D eigenvalue weighted by Gasteiger charge is 2.33. The van der Waals surface area contributed by atoms with Crippen molar-refractivity contribution in [3.05, 3.63) is 47.0 Å². The molecule has 6 nitrogen and oxygen atoms in total. The highest BCUT2D eigenvalue weighted by molar-refractivity contribution is 7.20. The summed E-state index contributed by atoms with van der Waals surface area (Å²) in [4.78, 5) is 26.4. The van der Waals surface area contributed by atoms with Crippen LogP contribution in [0.2, 0.25) is 0 Å². The summed E-state index contributed by atoms with van der Waals surface area (Å²) in [7, 11) is 0. The van der Waals surface area contributed by atoms with Crippen LogP contribution in [0, 0.1) is 24.7 Å². The Morgan fingerprint density at radius 3 is 2.69 bits per heavy atom. The third-order valence-corrected chi connectivity index (χ3v) is 7.40. The van der Waals surface area contributed by atoms with Crippen LogP contribution in [0.25, 0.3) is 15.9 Å². The van der Waals surface area contributed by atoms with Crippen molar-refractivity contribution in [1.29, 1.82) is 0 Å². The van der Waals surface area contributed by atoms with Gasteiger partial charge in [0.2, 0.25) is 0 Å². The Kier molecular flexibility index (Phi) is 6.65. The molecular formula is C25H30N2O4S. The first-order valence-corrected chi connectivity index (χ1v) is 12.1. The molecule has 4 rings (SSSR count). The van der Waals surface area contributed by atoms with Gasteiger partial charge in [-0.15, -0.1) is 11.3 Å². The molecule has 0 bridgehead atoms. The molecule has 1 aromatic carbocycles. The van der Waals surface area contributed by atoms with E-state index in [2.05, 4.69) is 25.9 Å². The van der Waals surface area contributed by atoms with Crippen LogP contribution in [0.15, 0.2) is 36.4 Å². The second-order valence-electron chi connectivity index (χ2n) is 9.09. The lowest BCUT2D eigenvalue weighted by Crippen LogP contribution is -2.36. The first-order chi connectivity index (χ1) is 15.3. The van der Waals surface area contributed by atoms with E-state index in [9.17, 15) is 9.59 Å². The minimum absolute atomic E-state index is 0.103. The minimum Gasteiger partial charge on any atom is -0.460 e. The van der Waals surface area contributed by atoms with E-state index in [1.807, 2.05) is 41.9 Å². The summed E-state index contributed by atoms with van der Waals surface area (Å²) < 4.78 is 12.9. The van der Waals surface area contributed by atoms with Gasteiger partial charge in [-0.25, -0.2) is 14.3 Å². The number of ether oxygens (including phenoxy) is 2. The van der Waals surface area contributed by atoms with Crippen molar-refractivity contribution in [1.82, 2.24) is 9.78 Å². The lowest BCUT2D eigenvalue weighted by atomic mass is 9.75. The SMILES string of the molecule is Cc1nn(-c2ccccc2)c2sc(C(=O)OCC(=O)O[C@@H]3C[C@H](C)CC[C@H]3C(C)C)cc12. The fourth-order valence-corrected chi connectivity index (χ4v) is 5.62. The largest absolute Gasteiger partial charge is 0.460 e. The number of rotatable bonds is 6. The average molecular weight is 455 g/mol. The number of aromatic nitrogens is 2. The first kappa shape index (κ1) is 22.5. The summed E-state index contributed by atoms with van der Waals surface area (Å²) in [6.45, 7) is 8.07. The third-order valence-electron chi connectivity index (χ3n) is 6.31. The Morgan fingerprint density at radius 1 is 1.22 bits per heavy atom. The molecule has 1 fully saturated rings. The fourth-order valence-electron chi connectivity index (χ4n) is 4.54.